The Morgan fingerprint density at radius 2 is 2.00 bits per heavy atom. The van der Waals surface area contributed by atoms with Crippen LogP contribution < -0.4 is 14.2 Å². The number of sulfonamides is 1. The molecule has 1 atom stereocenters. The molecule has 1 aliphatic rings. The molecular formula is C13H17NO6S. The van der Waals surface area contributed by atoms with Crippen LogP contribution in [0.3, 0.4) is 0 Å². The van der Waals surface area contributed by atoms with E-state index in [1.165, 1.54) is 18.2 Å². The summed E-state index contributed by atoms with van der Waals surface area (Å²) in [5.74, 6) is -0.363. The van der Waals surface area contributed by atoms with E-state index in [4.69, 9.17) is 14.6 Å². The molecule has 1 aromatic rings. The molecule has 7 nitrogen and oxygen atoms in total. The van der Waals surface area contributed by atoms with E-state index < -0.39 is 22.0 Å². The number of carboxylic acids is 1. The van der Waals surface area contributed by atoms with Gasteiger partial charge in [0, 0.05) is 6.07 Å². The molecular weight excluding hydrogens is 298 g/mol. The summed E-state index contributed by atoms with van der Waals surface area (Å²) >= 11 is 0. The van der Waals surface area contributed by atoms with Crippen LogP contribution in [0.5, 0.6) is 11.5 Å². The zero-order chi connectivity index (χ0) is 15.6. The van der Waals surface area contributed by atoms with Gasteiger partial charge in [-0.25, -0.2) is 8.42 Å². The van der Waals surface area contributed by atoms with Gasteiger partial charge in [-0.05, 0) is 24.5 Å². The topological polar surface area (TPSA) is 102 Å². The van der Waals surface area contributed by atoms with Crippen LogP contribution in [0.15, 0.2) is 23.1 Å². The normalized spacial score (nSPS) is 15.2. The number of hydrogen-bond donors (Lipinski definition) is 2. The lowest BCUT2D eigenvalue weighted by Gasteiger charge is -2.16. The van der Waals surface area contributed by atoms with Crippen molar-refractivity contribution in [3.63, 3.8) is 0 Å². The Bertz CT molecular complexity index is 640. The van der Waals surface area contributed by atoms with E-state index in [1.54, 1.807) is 0 Å². The minimum Gasteiger partial charge on any atom is -0.480 e. The summed E-state index contributed by atoms with van der Waals surface area (Å²) in [5, 5.41) is 9.12. The van der Waals surface area contributed by atoms with E-state index in [-0.39, 0.29) is 24.0 Å². The second-order valence-corrected chi connectivity index (χ2v) is 6.87. The molecule has 0 radical (unpaired) electrons. The first-order chi connectivity index (χ1) is 9.79. The summed E-state index contributed by atoms with van der Waals surface area (Å²) in [6, 6.07) is 2.98. The van der Waals surface area contributed by atoms with Crippen molar-refractivity contribution in [2.75, 3.05) is 6.79 Å². The van der Waals surface area contributed by atoms with Crippen molar-refractivity contribution in [2.24, 2.45) is 5.92 Å². The summed E-state index contributed by atoms with van der Waals surface area (Å²) in [4.78, 5) is 11.1. The third-order valence-electron chi connectivity index (χ3n) is 2.96. The quantitative estimate of drug-likeness (QED) is 0.817. The van der Waals surface area contributed by atoms with E-state index in [1.807, 2.05) is 13.8 Å². The fourth-order valence-corrected chi connectivity index (χ4v) is 3.19. The number of fused-ring (bicyclic) bond motifs is 1. The van der Waals surface area contributed by atoms with Crippen LogP contribution in [0, 0.1) is 5.92 Å². The molecule has 1 aliphatic heterocycles. The lowest BCUT2D eigenvalue weighted by atomic mass is 10.1. The number of aliphatic carboxylic acids is 1. The molecule has 2 rings (SSSR count). The van der Waals surface area contributed by atoms with Gasteiger partial charge in [0.05, 0.1) is 4.90 Å². The van der Waals surface area contributed by atoms with Gasteiger partial charge >= 0.3 is 5.97 Å². The molecule has 116 valence electrons. The van der Waals surface area contributed by atoms with Crippen LogP contribution in [0.2, 0.25) is 0 Å². The predicted molar refractivity (Wildman–Crippen MR) is 73.8 cm³/mol. The molecule has 0 aliphatic carbocycles. The first-order valence-corrected chi connectivity index (χ1v) is 7.92. The van der Waals surface area contributed by atoms with Crippen molar-refractivity contribution >= 4 is 16.0 Å². The maximum atomic E-state index is 12.3. The van der Waals surface area contributed by atoms with E-state index in [9.17, 15) is 13.2 Å². The first-order valence-electron chi connectivity index (χ1n) is 6.44. The second-order valence-electron chi connectivity index (χ2n) is 5.16. The summed E-state index contributed by atoms with van der Waals surface area (Å²) in [6.45, 7) is 3.69. The highest BCUT2D eigenvalue weighted by molar-refractivity contribution is 7.89. The fourth-order valence-electron chi connectivity index (χ4n) is 1.97. The number of carboxylic acid groups (broad SMARTS) is 1. The molecule has 8 heteroatoms. The first kappa shape index (κ1) is 15.6. The smallest absolute Gasteiger partial charge is 0.321 e. The van der Waals surface area contributed by atoms with Gasteiger partial charge in [0.2, 0.25) is 16.8 Å². The molecule has 0 saturated heterocycles. The Morgan fingerprint density at radius 1 is 1.33 bits per heavy atom. The maximum absolute atomic E-state index is 12.3. The van der Waals surface area contributed by atoms with Gasteiger partial charge in [0.15, 0.2) is 11.5 Å². The highest BCUT2D eigenvalue weighted by Gasteiger charge is 2.27. The van der Waals surface area contributed by atoms with E-state index in [2.05, 4.69) is 4.72 Å². The van der Waals surface area contributed by atoms with Crippen molar-refractivity contribution in [2.45, 2.75) is 31.2 Å². The van der Waals surface area contributed by atoms with Crippen molar-refractivity contribution in [3.8, 4) is 11.5 Å². The lowest BCUT2D eigenvalue weighted by molar-refractivity contribution is -0.139. The molecule has 1 heterocycles. The van der Waals surface area contributed by atoms with Gasteiger partial charge < -0.3 is 14.6 Å². The average molecular weight is 315 g/mol. The largest absolute Gasteiger partial charge is 0.480 e. The Kier molecular flexibility index (Phi) is 4.38. The van der Waals surface area contributed by atoms with Crippen LogP contribution >= 0.6 is 0 Å². The molecule has 2 N–H and O–H groups in total. The van der Waals surface area contributed by atoms with Crippen LogP contribution in [0.4, 0.5) is 0 Å². The Balaban J connectivity index is 2.23. The SMILES string of the molecule is CC(C)C[C@H](NS(=O)(=O)c1ccc2c(c1)OCO2)C(=O)O. The van der Waals surface area contributed by atoms with E-state index in [0.29, 0.717) is 11.5 Å². The highest BCUT2D eigenvalue weighted by Crippen LogP contribution is 2.33. The minimum atomic E-state index is -3.94. The minimum absolute atomic E-state index is 0.0391. The lowest BCUT2D eigenvalue weighted by Crippen LogP contribution is -2.41. The van der Waals surface area contributed by atoms with Gasteiger partial charge in [-0.15, -0.1) is 0 Å². The monoisotopic (exact) mass is 315 g/mol. The highest BCUT2D eigenvalue weighted by atomic mass is 32.2. The third kappa shape index (κ3) is 3.64. The second kappa shape index (κ2) is 5.90. The zero-order valence-electron chi connectivity index (χ0n) is 11.7. The number of hydrogen-bond acceptors (Lipinski definition) is 5. The molecule has 0 spiro atoms. The fraction of sp³-hybridized carbons (Fsp3) is 0.462. The third-order valence-corrected chi connectivity index (χ3v) is 4.43. The number of ether oxygens (including phenoxy) is 2. The standard InChI is InChI=1S/C13H17NO6S/c1-8(2)5-10(13(15)16)14-21(17,18)9-3-4-11-12(6-9)20-7-19-11/h3-4,6,8,10,14H,5,7H2,1-2H3,(H,15,16)/t10-/m0/s1. The number of rotatable bonds is 6. The summed E-state index contributed by atoms with van der Waals surface area (Å²) in [7, 11) is -3.94. The maximum Gasteiger partial charge on any atom is 0.321 e. The van der Waals surface area contributed by atoms with Crippen molar-refractivity contribution in [1.29, 1.82) is 0 Å². The summed E-state index contributed by atoms with van der Waals surface area (Å²) < 4.78 is 37.0. The molecule has 21 heavy (non-hydrogen) atoms. The van der Waals surface area contributed by atoms with Crippen LogP contribution in [0.25, 0.3) is 0 Å². The Morgan fingerprint density at radius 3 is 2.62 bits per heavy atom. The van der Waals surface area contributed by atoms with Crippen LogP contribution in [-0.2, 0) is 14.8 Å². The predicted octanol–water partition coefficient (Wildman–Crippen LogP) is 1.19. The molecule has 0 aromatic heterocycles. The van der Waals surface area contributed by atoms with Crippen molar-refractivity contribution in [3.05, 3.63) is 18.2 Å². The van der Waals surface area contributed by atoms with Crippen molar-refractivity contribution < 1.29 is 27.8 Å². The molecule has 0 unspecified atom stereocenters. The molecule has 1 aromatic carbocycles. The molecule has 0 fully saturated rings. The van der Waals surface area contributed by atoms with Gasteiger partial charge in [-0.1, -0.05) is 13.8 Å². The van der Waals surface area contributed by atoms with Gasteiger partial charge in [0.1, 0.15) is 6.04 Å². The summed E-state index contributed by atoms with van der Waals surface area (Å²) in [5.41, 5.74) is 0. The molecule has 0 bridgehead atoms. The molecule has 0 amide bonds. The Hall–Kier alpha value is -1.80. The zero-order valence-corrected chi connectivity index (χ0v) is 12.5. The van der Waals surface area contributed by atoms with Gasteiger partial charge in [-0.3, -0.25) is 4.79 Å². The molecule has 0 saturated carbocycles. The van der Waals surface area contributed by atoms with E-state index in [0.717, 1.165) is 0 Å². The number of nitrogens with one attached hydrogen (secondary N) is 1. The van der Waals surface area contributed by atoms with Crippen LogP contribution in [0.1, 0.15) is 20.3 Å². The average Bonchev–Trinajstić information content (AvgIpc) is 2.84. The van der Waals surface area contributed by atoms with E-state index >= 15 is 0 Å². The number of carbonyl (C=O) groups is 1. The van der Waals surface area contributed by atoms with Gasteiger partial charge in [-0.2, -0.15) is 4.72 Å². The number of benzene rings is 1. The van der Waals surface area contributed by atoms with Gasteiger partial charge in [0.25, 0.3) is 0 Å². The Labute approximate surface area is 122 Å². The summed E-state index contributed by atoms with van der Waals surface area (Å²) in [6.07, 6.45) is 0.207. The van der Waals surface area contributed by atoms with Crippen LogP contribution in [-0.4, -0.2) is 32.3 Å². The van der Waals surface area contributed by atoms with Crippen molar-refractivity contribution in [1.82, 2.24) is 4.72 Å².